The minimum Gasteiger partial charge on any atom is -0.354 e. The van der Waals surface area contributed by atoms with Crippen molar-refractivity contribution >= 4 is 0 Å². The molecule has 1 unspecified atom stereocenters. The Kier molecular flexibility index (Phi) is 4.89. The van der Waals surface area contributed by atoms with Crippen LogP contribution in [0.4, 0.5) is 0 Å². The van der Waals surface area contributed by atoms with Crippen LogP contribution in [0, 0.1) is 13.8 Å². The van der Waals surface area contributed by atoms with Gasteiger partial charge in [-0.25, -0.2) is 5.43 Å². The van der Waals surface area contributed by atoms with Crippen LogP contribution in [0.25, 0.3) is 0 Å². The fourth-order valence-electron chi connectivity index (χ4n) is 1.86. The van der Waals surface area contributed by atoms with Crippen LogP contribution in [0.5, 0.6) is 0 Å². The fourth-order valence-corrected chi connectivity index (χ4v) is 1.86. The van der Waals surface area contributed by atoms with Gasteiger partial charge in [0.2, 0.25) is 0 Å². The van der Waals surface area contributed by atoms with Gasteiger partial charge in [-0.15, -0.1) is 0 Å². The highest BCUT2D eigenvalue weighted by molar-refractivity contribution is 5.33. The van der Waals surface area contributed by atoms with Crippen LogP contribution in [-0.4, -0.2) is 20.5 Å². The van der Waals surface area contributed by atoms with Crippen molar-refractivity contribution in [2.45, 2.75) is 26.2 Å². The lowest BCUT2D eigenvalue weighted by atomic mass is 9.99. The van der Waals surface area contributed by atoms with Gasteiger partial charge < -0.3 is 9.47 Å². The van der Waals surface area contributed by atoms with E-state index in [1.54, 1.807) is 14.2 Å². The van der Waals surface area contributed by atoms with Gasteiger partial charge in [0, 0.05) is 14.2 Å². The Balaban J connectivity index is 3.03. The van der Waals surface area contributed by atoms with E-state index in [4.69, 9.17) is 15.3 Å². The molecule has 1 aromatic carbocycles. The second kappa shape index (κ2) is 5.96. The Morgan fingerprint density at radius 1 is 1.19 bits per heavy atom. The monoisotopic (exact) mass is 224 g/mol. The van der Waals surface area contributed by atoms with E-state index in [0.29, 0.717) is 0 Å². The van der Waals surface area contributed by atoms with Gasteiger partial charge in [-0.05, 0) is 25.0 Å². The molecule has 0 spiro atoms. The average molecular weight is 224 g/mol. The molecule has 0 aromatic heterocycles. The molecule has 1 aromatic rings. The molecule has 3 N–H and O–H groups in total. The summed E-state index contributed by atoms with van der Waals surface area (Å²) < 4.78 is 10.5. The number of benzene rings is 1. The summed E-state index contributed by atoms with van der Waals surface area (Å²) in [5, 5.41) is 0. The van der Waals surface area contributed by atoms with E-state index < -0.39 is 6.29 Å². The molecule has 4 nitrogen and oxygen atoms in total. The summed E-state index contributed by atoms with van der Waals surface area (Å²) in [6.45, 7) is 4.11. The summed E-state index contributed by atoms with van der Waals surface area (Å²) in [5.74, 6) is 5.55. The first-order chi connectivity index (χ1) is 7.63. The number of aryl methyl sites for hydroxylation is 2. The Morgan fingerprint density at radius 2 is 1.81 bits per heavy atom. The lowest BCUT2D eigenvalue weighted by Gasteiger charge is -2.25. The van der Waals surface area contributed by atoms with Crippen molar-refractivity contribution in [1.29, 1.82) is 0 Å². The maximum absolute atomic E-state index is 5.55. The summed E-state index contributed by atoms with van der Waals surface area (Å²) in [6.07, 6.45) is -0.397. The van der Waals surface area contributed by atoms with Gasteiger partial charge in [0.15, 0.2) is 6.29 Å². The van der Waals surface area contributed by atoms with Crippen molar-refractivity contribution in [1.82, 2.24) is 5.43 Å². The molecule has 16 heavy (non-hydrogen) atoms. The largest absolute Gasteiger partial charge is 0.354 e. The zero-order valence-corrected chi connectivity index (χ0v) is 10.3. The van der Waals surface area contributed by atoms with E-state index in [9.17, 15) is 0 Å². The lowest BCUT2D eigenvalue weighted by molar-refractivity contribution is -0.124. The van der Waals surface area contributed by atoms with Gasteiger partial charge in [0.1, 0.15) is 0 Å². The quantitative estimate of drug-likeness (QED) is 0.451. The van der Waals surface area contributed by atoms with Gasteiger partial charge in [-0.3, -0.25) is 5.84 Å². The van der Waals surface area contributed by atoms with Crippen molar-refractivity contribution in [2.24, 2.45) is 5.84 Å². The molecule has 1 rings (SSSR count). The number of methoxy groups -OCH3 is 2. The number of hydrogen-bond acceptors (Lipinski definition) is 4. The van der Waals surface area contributed by atoms with E-state index in [2.05, 4.69) is 31.4 Å². The molecule has 0 aliphatic carbocycles. The van der Waals surface area contributed by atoms with E-state index in [1.807, 2.05) is 6.07 Å². The first-order valence-corrected chi connectivity index (χ1v) is 5.23. The first-order valence-electron chi connectivity index (χ1n) is 5.23. The standard InChI is InChI=1S/C12H20N2O2/c1-8-5-6-10(9(2)7-8)11(14-13)12(15-3)16-4/h5-7,11-12,14H,13H2,1-4H3. The molecule has 0 saturated heterocycles. The minimum atomic E-state index is -0.397. The highest BCUT2D eigenvalue weighted by Gasteiger charge is 2.22. The van der Waals surface area contributed by atoms with Crippen LogP contribution in [0.3, 0.4) is 0 Å². The van der Waals surface area contributed by atoms with E-state index in [1.165, 1.54) is 11.1 Å². The third-order valence-electron chi connectivity index (χ3n) is 2.68. The number of rotatable bonds is 5. The molecular weight excluding hydrogens is 204 g/mol. The summed E-state index contributed by atoms with van der Waals surface area (Å²) in [4.78, 5) is 0. The van der Waals surface area contributed by atoms with Crippen LogP contribution >= 0.6 is 0 Å². The lowest BCUT2D eigenvalue weighted by Crippen LogP contribution is -2.39. The molecule has 0 heterocycles. The van der Waals surface area contributed by atoms with Crippen molar-refractivity contribution in [3.8, 4) is 0 Å². The molecule has 0 fully saturated rings. The molecular formula is C12H20N2O2. The zero-order valence-electron chi connectivity index (χ0n) is 10.3. The van der Waals surface area contributed by atoms with Crippen LogP contribution in [0.2, 0.25) is 0 Å². The summed E-state index contributed by atoms with van der Waals surface area (Å²) in [7, 11) is 3.20. The number of nitrogens with one attached hydrogen (secondary N) is 1. The van der Waals surface area contributed by atoms with Crippen LogP contribution in [0.15, 0.2) is 18.2 Å². The second-order valence-corrected chi connectivity index (χ2v) is 3.84. The maximum atomic E-state index is 5.55. The number of hydrazine groups is 1. The Labute approximate surface area is 96.7 Å². The second-order valence-electron chi connectivity index (χ2n) is 3.84. The highest BCUT2D eigenvalue weighted by Crippen LogP contribution is 2.23. The number of hydrogen-bond donors (Lipinski definition) is 2. The molecule has 0 aliphatic rings. The Hall–Kier alpha value is -0.940. The van der Waals surface area contributed by atoms with E-state index in [0.717, 1.165) is 5.56 Å². The SMILES string of the molecule is COC(OC)C(NN)c1ccc(C)cc1C. The van der Waals surface area contributed by atoms with Gasteiger partial charge in [0.05, 0.1) is 6.04 Å². The number of nitrogens with two attached hydrogens (primary N) is 1. The van der Waals surface area contributed by atoms with Crippen molar-refractivity contribution in [2.75, 3.05) is 14.2 Å². The molecule has 0 bridgehead atoms. The fraction of sp³-hybridized carbons (Fsp3) is 0.500. The minimum absolute atomic E-state index is 0.171. The smallest absolute Gasteiger partial charge is 0.177 e. The predicted molar refractivity (Wildman–Crippen MR) is 63.8 cm³/mol. The predicted octanol–water partition coefficient (Wildman–Crippen LogP) is 1.43. The van der Waals surface area contributed by atoms with Crippen LogP contribution in [0.1, 0.15) is 22.7 Å². The summed E-state index contributed by atoms with van der Waals surface area (Å²) in [5.41, 5.74) is 6.21. The zero-order chi connectivity index (χ0) is 12.1. The van der Waals surface area contributed by atoms with Crippen molar-refractivity contribution in [3.05, 3.63) is 34.9 Å². The molecule has 90 valence electrons. The van der Waals surface area contributed by atoms with Crippen molar-refractivity contribution in [3.63, 3.8) is 0 Å². The Bertz CT molecular complexity index is 338. The topological polar surface area (TPSA) is 56.5 Å². The maximum Gasteiger partial charge on any atom is 0.177 e. The molecule has 0 radical (unpaired) electrons. The summed E-state index contributed by atoms with van der Waals surface area (Å²) >= 11 is 0. The van der Waals surface area contributed by atoms with Crippen molar-refractivity contribution < 1.29 is 9.47 Å². The van der Waals surface area contributed by atoms with E-state index in [-0.39, 0.29) is 6.04 Å². The van der Waals surface area contributed by atoms with Gasteiger partial charge >= 0.3 is 0 Å². The molecule has 0 amide bonds. The number of ether oxygens (including phenoxy) is 2. The molecule has 0 saturated carbocycles. The van der Waals surface area contributed by atoms with Crippen LogP contribution < -0.4 is 11.3 Å². The average Bonchev–Trinajstić information content (AvgIpc) is 2.27. The molecule has 0 aliphatic heterocycles. The third kappa shape index (κ3) is 2.80. The van der Waals surface area contributed by atoms with Crippen LogP contribution in [-0.2, 0) is 9.47 Å². The molecule has 1 atom stereocenters. The van der Waals surface area contributed by atoms with E-state index >= 15 is 0 Å². The summed E-state index contributed by atoms with van der Waals surface area (Å²) in [6, 6.07) is 6.03. The van der Waals surface area contributed by atoms with Gasteiger partial charge in [-0.1, -0.05) is 23.8 Å². The highest BCUT2D eigenvalue weighted by atomic mass is 16.7. The first kappa shape index (κ1) is 13.1. The normalized spacial score (nSPS) is 13.1. The van der Waals surface area contributed by atoms with Gasteiger partial charge in [0.25, 0.3) is 0 Å². The van der Waals surface area contributed by atoms with Gasteiger partial charge in [-0.2, -0.15) is 0 Å². The third-order valence-corrected chi connectivity index (χ3v) is 2.68. The molecule has 4 heteroatoms. The Morgan fingerprint density at radius 3 is 2.25 bits per heavy atom.